The Morgan fingerprint density at radius 3 is 2.38 bits per heavy atom. The molecule has 0 aliphatic carbocycles. The average Bonchev–Trinajstić information content (AvgIpc) is 3.21. The molecular weight excluding hydrogens is 324 g/mol. The molecule has 2 aromatic rings. The van der Waals surface area contributed by atoms with Gasteiger partial charge in [-0.3, -0.25) is 0 Å². The summed E-state index contributed by atoms with van der Waals surface area (Å²) in [6, 6.07) is 16.9. The van der Waals surface area contributed by atoms with Crippen LogP contribution in [0.2, 0.25) is 0 Å². The van der Waals surface area contributed by atoms with Crippen molar-refractivity contribution in [2.45, 2.75) is 39.3 Å². The lowest BCUT2D eigenvalue weighted by atomic mass is 10.2. The number of nitrogens with one attached hydrogen (secondary N) is 1. The van der Waals surface area contributed by atoms with Crippen LogP contribution < -0.4 is 15.0 Å². The highest BCUT2D eigenvalue weighted by Gasteiger charge is 2.15. The minimum Gasteiger partial charge on any atom is -0.491 e. The Balaban J connectivity index is 1.46. The maximum absolute atomic E-state index is 5.81. The number of nitrogens with zero attached hydrogens (tertiary/aromatic N) is 1. The van der Waals surface area contributed by atoms with Gasteiger partial charge in [-0.2, -0.15) is 0 Å². The number of rotatable bonds is 9. The Hall–Kier alpha value is -2.20. The van der Waals surface area contributed by atoms with E-state index in [0.717, 1.165) is 50.5 Å². The Bertz CT molecular complexity index is 645. The lowest BCUT2D eigenvalue weighted by Gasteiger charge is -2.21. The summed E-state index contributed by atoms with van der Waals surface area (Å²) in [6.07, 6.45) is 2.51. The molecule has 26 heavy (non-hydrogen) atoms. The van der Waals surface area contributed by atoms with Crippen molar-refractivity contribution >= 4 is 11.4 Å². The predicted octanol–water partition coefficient (Wildman–Crippen LogP) is 4.70. The minimum atomic E-state index is 0.260. The first-order valence-electron chi connectivity index (χ1n) is 9.70. The summed E-state index contributed by atoms with van der Waals surface area (Å²) in [5.41, 5.74) is 3.65. The Labute approximate surface area is 157 Å². The standard InChI is InChI=1S/C22H30N2O2/c1-3-24(4-2)20-11-9-19(10-12-20)23-16-18-7-13-21(14-8-18)26-17-22-6-5-15-25-22/h7-14,22-23H,3-6,15-17H2,1-2H3. The molecule has 1 N–H and O–H groups in total. The maximum atomic E-state index is 5.81. The molecule has 1 saturated heterocycles. The molecule has 2 aromatic carbocycles. The van der Waals surface area contributed by atoms with Crippen molar-refractivity contribution < 1.29 is 9.47 Å². The topological polar surface area (TPSA) is 33.7 Å². The van der Waals surface area contributed by atoms with Crippen molar-refractivity contribution in [3.05, 3.63) is 54.1 Å². The molecule has 0 radical (unpaired) electrons. The second kappa shape index (κ2) is 9.48. The van der Waals surface area contributed by atoms with Crippen LogP contribution in [0.15, 0.2) is 48.5 Å². The van der Waals surface area contributed by atoms with Gasteiger partial charge >= 0.3 is 0 Å². The van der Waals surface area contributed by atoms with Gasteiger partial charge in [-0.1, -0.05) is 12.1 Å². The summed E-state index contributed by atoms with van der Waals surface area (Å²) < 4.78 is 11.4. The van der Waals surface area contributed by atoms with Gasteiger partial charge in [-0.05, 0) is 68.7 Å². The van der Waals surface area contributed by atoms with Gasteiger partial charge in [-0.15, -0.1) is 0 Å². The lowest BCUT2D eigenvalue weighted by molar-refractivity contribution is 0.0679. The summed E-state index contributed by atoms with van der Waals surface area (Å²) >= 11 is 0. The van der Waals surface area contributed by atoms with Crippen LogP contribution in [-0.4, -0.2) is 32.4 Å². The van der Waals surface area contributed by atoms with E-state index in [1.807, 2.05) is 12.1 Å². The van der Waals surface area contributed by atoms with E-state index in [1.165, 1.54) is 11.3 Å². The normalized spacial score (nSPS) is 16.5. The second-order valence-corrected chi connectivity index (χ2v) is 6.66. The van der Waals surface area contributed by atoms with Crippen LogP contribution >= 0.6 is 0 Å². The number of hydrogen-bond donors (Lipinski definition) is 1. The molecule has 3 rings (SSSR count). The fraction of sp³-hybridized carbons (Fsp3) is 0.455. The smallest absolute Gasteiger partial charge is 0.119 e. The highest BCUT2D eigenvalue weighted by molar-refractivity contribution is 5.55. The van der Waals surface area contributed by atoms with Gasteiger partial charge in [0.25, 0.3) is 0 Å². The Morgan fingerprint density at radius 1 is 1.04 bits per heavy atom. The molecule has 140 valence electrons. The van der Waals surface area contributed by atoms with E-state index in [1.54, 1.807) is 0 Å². The summed E-state index contributed by atoms with van der Waals surface area (Å²) in [7, 11) is 0. The zero-order chi connectivity index (χ0) is 18.2. The van der Waals surface area contributed by atoms with E-state index in [-0.39, 0.29) is 6.10 Å². The quantitative estimate of drug-likeness (QED) is 0.707. The number of anilines is 2. The molecule has 4 nitrogen and oxygen atoms in total. The van der Waals surface area contributed by atoms with Crippen LogP contribution in [0.5, 0.6) is 5.75 Å². The molecule has 1 fully saturated rings. The summed E-state index contributed by atoms with van der Waals surface area (Å²) in [6.45, 7) is 8.75. The third-order valence-electron chi connectivity index (χ3n) is 4.88. The Morgan fingerprint density at radius 2 is 1.77 bits per heavy atom. The van der Waals surface area contributed by atoms with Crippen molar-refractivity contribution in [3.63, 3.8) is 0 Å². The van der Waals surface area contributed by atoms with E-state index in [0.29, 0.717) is 6.61 Å². The van der Waals surface area contributed by atoms with Crippen LogP contribution in [0.25, 0.3) is 0 Å². The molecule has 0 bridgehead atoms. The van der Waals surface area contributed by atoms with Gasteiger partial charge in [0.05, 0.1) is 6.10 Å². The zero-order valence-corrected chi connectivity index (χ0v) is 15.9. The van der Waals surface area contributed by atoms with Gasteiger partial charge in [0.15, 0.2) is 0 Å². The minimum absolute atomic E-state index is 0.260. The van der Waals surface area contributed by atoms with Crippen molar-refractivity contribution in [1.29, 1.82) is 0 Å². The third kappa shape index (κ3) is 5.15. The molecule has 0 spiro atoms. The van der Waals surface area contributed by atoms with Crippen molar-refractivity contribution in [2.24, 2.45) is 0 Å². The van der Waals surface area contributed by atoms with Crippen molar-refractivity contribution in [2.75, 3.05) is 36.5 Å². The van der Waals surface area contributed by atoms with Gasteiger partial charge in [-0.25, -0.2) is 0 Å². The van der Waals surface area contributed by atoms with Crippen molar-refractivity contribution in [1.82, 2.24) is 0 Å². The van der Waals surface area contributed by atoms with E-state index in [2.05, 4.69) is 60.5 Å². The highest BCUT2D eigenvalue weighted by Crippen LogP contribution is 2.20. The molecule has 4 heteroatoms. The van der Waals surface area contributed by atoms with Crippen LogP contribution in [0.3, 0.4) is 0 Å². The summed E-state index contributed by atoms with van der Waals surface area (Å²) in [5, 5.41) is 3.48. The third-order valence-corrected chi connectivity index (χ3v) is 4.88. The largest absolute Gasteiger partial charge is 0.491 e. The fourth-order valence-corrected chi connectivity index (χ4v) is 3.25. The predicted molar refractivity (Wildman–Crippen MR) is 108 cm³/mol. The first kappa shape index (κ1) is 18.6. The average molecular weight is 354 g/mol. The monoisotopic (exact) mass is 354 g/mol. The van der Waals surface area contributed by atoms with Crippen LogP contribution in [0, 0.1) is 0 Å². The van der Waals surface area contributed by atoms with Crippen LogP contribution in [-0.2, 0) is 11.3 Å². The second-order valence-electron chi connectivity index (χ2n) is 6.66. The number of ether oxygens (including phenoxy) is 2. The van der Waals surface area contributed by atoms with E-state index >= 15 is 0 Å². The van der Waals surface area contributed by atoms with E-state index in [4.69, 9.17) is 9.47 Å². The van der Waals surface area contributed by atoms with E-state index in [9.17, 15) is 0 Å². The van der Waals surface area contributed by atoms with Gasteiger partial charge in [0.2, 0.25) is 0 Å². The highest BCUT2D eigenvalue weighted by atomic mass is 16.5. The lowest BCUT2D eigenvalue weighted by Crippen LogP contribution is -2.21. The van der Waals surface area contributed by atoms with Crippen LogP contribution in [0.1, 0.15) is 32.3 Å². The van der Waals surface area contributed by atoms with Crippen LogP contribution in [0.4, 0.5) is 11.4 Å². The maximum Gasteiger partial charge on any atom is 0.119 e. The summed E-state index contributed by atoms with van der Waals surface area (Å²) in [5.74, 6) is 0.910. The molecule has 0 saturated carbocycles. The Kier molecular flexibility index (Phi) is 6.78. The number of hydrogen-bond acceptors (Lipinski definition) is 4. The molecular formula is C22H30N2O2. The van der Waals surface area contributed by atoms with Crippen molar-refractivity contribution in [3.8, 4) is 5.75 Å². The molecule has 1 aliphatic heterocycles. The van der Waals surface area contributed by atoms with Gasteiger partial charge in [0.1, 0.15) is 12.4 Å². The molecule has 1 aliphatic rings. The molecule has 1 unspecified atom stereocenters. The number of benzene rings is 2. The zero-order valence-electron chi connectivity index (χ0n) is 15.9. The fourth-order valence-electron chi connectivity index (χ4n) is 3.25. The molecule has 0 aromatic heterocycles. The first-order valence-corrected chi connectivity index (χ1v) is 9.70. The first-order chi connectivity index (χ1) is 12.8. The SMILES string of the molecule is CCN(CC)c1ccc(NCc2ccc(OCC3CCCO3)cc2)cc1. The molecule has 0 amide bonds. The molecule has 1 atom stereocenters. The van der Waals surface area contributed by atoms with E-state index < -0.39 is 0 Å². The summed E-state index contributed by atoms with van der Waals surface area (Å²) in [4.78, 5) is 2.35. The van der Waals surface area contributed by atoms with Gasteiger partial charge < -0.3 is 19.7 Å². The molecule has 1 heterocycles. The van der Waals surface area contributed by atoms with Gasteiger partial charge in [0, 0.05) is 37.6 Å².